The van der Waals surface area contributed by atoms with E-state index in [2.05, 4.69) is 10.3 Å². The highest BCUT2D eigenvalue weighted by Gasteiger charge is 2.33. The molecule has 10 heteroatoms. The molecule has 0 saturated carbocycles. The number of benzene rings is 2. The first-order chi connectivity index (χ1) is 17.6. The molecule has 5 N–H and O–H groups in total. The van der Waals surface area contributed by atoms with Gasteiger partial charge in [0.15, 0.2) is 0 Å². The normalized spacial score (nSPS) is 18.2. The van der Waals surface area contributed by atoms with Gasteiger partial charge < -0.3 is 20.9 Å². The first-order valence-corrected chi connectivity index (χ1v) is 13.5. The van der Waals surface area contributed by atoms with Crippen LogP contribution in [0.4, 0.5) is 0 Å². The van der Waals surface area contributed by atoms with Gasteiger partial charge in [-0.05, 0) is 53.8 Å². The van der Waals surface area contributed by atoms with E-state index in [1.54, 1.807) is 36.7 Å². The van der Waals surface area contributed by atoms with Crippen molar-refractivity contribution in [1.29, 1.82) is 0 Å². The minimum absolute atomic E-state index is 0.0269. The molecule has 0 spiro atoms. The number of pyridine rings is 1. The molecule has 0 radical (unpaired) electrons. The number of aliphatic hydroxyl groups is 1. The Balaban J connectivity index is 1.67. The van der Waals surface area contributed by atoms with Crippen molar-refractivity contribution in [1.82, 2.24) is 10.3 Å². The summed E-state index contributed by atoms with van der Waals surface area (Å²) in [6.45, 7) is 4.65. The van der Waals surface area contributed by atoms with Crippen molar-refractivity contribution in [3.8, 4) is 5.75 Å². The zero-order valence-corrected chi connectivity index (χ0v) is 21.5. The van der Waals surface area contributed by atoms with Gasteiger partial charge in [0.2, 0.25) is 5.91 Å². The number of carbonyl (C=O) groups excluding carboxylic acids is 1. The van der Waals surface area contributed by atoms with Crippen molar-refractivity contribution in [2.45, 2.75) is 49.2 Å². The molecule has 2 heterocycles. The number of nitrogens with zero attached hydrogens (tertiary/aromatic N) is 1. The Bertz CT molecular complexity index is 1380. The molecule has 4 rings (SSSR count). The summed E-state index contributed by atoms with van der Waals surface area (Å²) in [5.41, 5.74) is 9.05. The minimum Gasteiger partial charge on any atom is -0.489 e. The van der Waals surface area contributed by atoms with Gasteiger partial charge >= 0.3 is 0 Å². The van der Waals surface area contributed by atoms with E-state index in [9.17, 15) is 22.9 Å². The Morgan fingerprint density at radius 2 is 1.97 bits per heavy atom. The third-order valence-corrected chi connectivity index (χ3v) is 7.43. The Morgan fingerprint density at radius 3 is 2.62 bits per heavy atom. The number of aromatic nitrogens is 1. The fourth-order valence-electron chi connectivity index (χ4n) is 4.92. The second-order valence-electron chi connectivity index (χ2n) is 9.49. The number of nitrogens with one attached hydrogen (secondary N) is 1. The number of aliphatic hydroxyl groups excluding tert-OH is 1. The molecular weight excluding hydrogens is 494 g/mol. The van der Waals surface area contributed by atoms with Crippen molar-refractivity contribution >= 4 is 16.0 Å². The Labute approximate surface area is 216 Å². The number of ether oxygens (including phenoxy) is 1. The van der Waals surface area contributed by atoms with Gasteiger partial charge in [-0.2, -0.15) is 8.42 Å². The first kappa shape index (κ1) is 26.7. The molecule has 2 aromatic carbocycles. The van der Waals surface area contributed by atoms with Crippen molar-refractivity contribution in [3.63, 3.8) is 0 Å². The second-order valence-corrected chi connectivity index (χ2v) is 10.9. The van der Waals surface area contributed by atoms with Gasteiger partial charge in [0.1, 0.15) is 11.9 Å². The molecule has 9 nitrogen and oxygen atoms in total. The molecular formula is C27H31N3O6S. The molecule has 3 atom stereocenters. The lowest BCUT2D eigenvalue weighted by atomic mass is 9.78. The molecule has 0 fully saturated rings. The van der Waals surface area contributed by atoms with Crippen molar-refractivity contribution in [3.05, 3.63) is 88.7 Å². The average molecular weight is 526 g/mol. The van der Waals surface area contributed by atoms with Gasteiger partial charge in [0.25, 0.3) is 10.1 Å². The quantitative estimate of drug-likeness (QED) is 0.311. The summed E-state index contributed by atoms with van der Waals surface area (Å²) in [7, 11) is -4.43. The Morgan fingerprint density at radius 1 is 1.19 bits per heavy atom. The molecule has 1 aromatic heterocycles. The largest absolute Gasteiger partial charge is 0.489 e. The van der Waals surface area contributed by atoms with Crippen LogP contribution in [-0.2, 0) is 10.1 Å². The van der Waals surface area contributed by atoms with E-state index in [1.807, 2.05) is 19.9 Å². The molecule has 2 unspecified atom stereocenters. The number of nitrogens with two attached hydrogens (primary N) is 1. The topological polar surface area (TPSA) is 152 Å². The number of amides is 1. The molecule has 0 bridgehead atoms. The van der Waals surface area contributed by atoms with Crippen LogP contribution >= 0.6 is 0 Å². The highest BCUT2D eigenvalue weighted by molar-refractivity contribution is 7.85. The maximum Gasteiger partial charge on any atom is 0.294 e. The van der Waals surface area contributed by atoms with E-state index >= 15 is 0 Å². The van der Waals surface area contributed by atoms with Crippen LogP contribution in [-0.4, -0.2) is 48.2 Å². The van der Waals surface area contributed by atoms with Crippen LogP contribution in [0, 0.1) is 0 Å². The van der Waals surface area contributed by atoms with Gasteiger partial charge in [0, 0.05) is 48.1 Å². The molecule has 0 aliphatic carbocycles. The molecule has 3 aromatic rings. The van der Waals surface area contributed by atoms with Crippen LogP contribution in [0.2, 0.25) is 0 Å². The maximum atomic E-state index is 12.2. The standard InChI is InChI=1S/C27H31N3O6S/c1-16(2)26-20(6-3-7-21(26)27(28)32)22-11-18(14-30-15-24(31)17-5-4-10-29-13-17)36-25-9-8-19(12-23(22)25)37(33,34)35/h3-10,12-13,16,18,22,24,30-31H,11,14-15H2,1-2H3,(H2,28,32)(H,33,34,35)/t18?,22?,24-/m0/s1. The number of primary amides is 1. The van der Waals surface area contributed by atoms with Gasteiger partial charge in [-0.15, -0.1) is 0 Å². The molecule has 37 heavy (non-hydrogen) atoms. The number of rotatable bonds is 9. The summed E-state index contributed by atoms with van der Waals surface area (Å²) in [5, 5.41) is 13.7. The molecule has 1 amide bonds. The van der Waals surface area contributed by atoms with Crippen molar-refractivity contribution in [2.75, 3.05) is 13.1 Å². The first-order valence-electron chi connectivity index (χ1n) is 12.1. The lowest BCUT2D eigenvalue weighted by molar-refractivity contribution is 0.0999. The fourth-order valence-corrected chi connectivity index (χ4v) is 5.44. The third kappa shape index (κ3) is 5.99. The second kappa shape index (κ2) is 11.0. The summed E-state index contributed by atoms with van der Waals surface area (Å²) < 4.78 is 39.6. The summed E-state index contributed by atoms with van der Waals surface area (Å²) in [4.78, 5) is 16.0. The zero-order valence-electron chi connectivity index (χ0n) is 20.7. The maximum absolute atomic E-state index is 12.2. The summed E-state index contributed by atoms with van der Waals surface area (Å²) in [6, 6.07) is 13.2. The molecule has 196 valence electrons. The van der Waals surface area contributed by atoms with Crippen LogP contribution in [0.5, 0.6) is 5.75 Å². The Hall–Kier alpha value is -3.31. The molecule has 1 aliphatic heterocycles. The number of hydrogen-bond acceptors (Lipinski definition) is 7. The van der Waals surface area contributed by atoms with Gasteiger partial charge in [-0.1, -0.05) is 32.0 Å². The van der Waals surface area contributed by atoms with Crippen LogP contribution in [0.25, 0.3) is 0 Å². The summed E-state index contributed by atoms with van der Waals surface area (Å²) in [5.74, 6) is -0.396. The monoisotopic (exact) mass is 525 g/mol. The van der Waals surface area contributed by atoms with Gasteiger partial charge in [0.05, 0.1) is 11.0 Å². The lowest BCUT2D eigenvalue weighted by Crippen LogP contribution is -2.37. The smallest absolute Gasteiger partial charge is 0.294 e. The van der Waals surface area contributed by atoms with Crippen LogP contribution in [0.1, 0.15) is 70.8 Å². The zero-order chi connectivity index (χ0) is 26.7. The SMILES string of the molecule is CC(C)c1c(C(N)=O)cccc1C1CC(CNC[C@H](O)c2cccnc2)Oc2ccc(S(=O)(=O)O)cc21. The molecule has 0 saturated heterocycles. The number of carbonyl (C=O) groups is 1. The van der Waals surface area contributed by atoms with Crippen LogP contribution < -0.4 is 15.8 Å². The van der Waals surface area contributed by atoms with E-state index in [0.29, 0.717) is 42.0 Å². The van der Waals surface area contributed by atoms with Crippen molar-refractivity contribution in [2.24, 2.45) is 5.73 Å². The summed E-state index contributed by atoms with van der Waals surface area (Å²) >= 11 is 0. The third-order valence-electron chi connectivity index (χ3n) is 6.58. The van der Waals surface area contributed by atoms with Crippen LogP contribution in [0.3, 0.4) is 0 Å². The number of fused-ring (bicyclic) bond motifs is 1. The van der Waals surface area contributed by atoms with E-state index in [-0.39, 0.29) is 22.8 Å². The van der Waals surface area contributed by atoms with E-state index in [0.717, 1.165) is 11.1 Å². The number of hydrogen-bond donors (Lipinski definition) is 4. The van der Waals surface area contributed by atoms with Gasteiger partial charge in [-0.25, -0.2) is 0 Å². The van der Waals surface area contributed by atoms with E-state index < -0.39 is 22.1 Å². The molecule has 1 aliphatic rings. The van der Waals surface area contributed by atoms with E-state index in [1.165, 1.54) is 18.2 Å². The van der Waals surface area contributed by atoms with Crippen LogP contribution in [0.15, 0.2) is 65.8 Å². The minimum atomic E-state index is -4.43. The predicted molar refractivity (Wildman–Crippen MR) is 138 cm³/mol. The highest BCUT2D eigenvalue weighted by Crippen LogP contribution is 2.44. The van der Waals surface area contributed by atoms with Gasteiger partial charge in [-0.3, -0.25) is 14.3 Å². The van der Waals surface area contributed by atoms with Crippen molar-refractivity contribution < 1.29 is 27.6 Å². The summed E-state index contributed by atoms with van der Waals surface area (Å²) in [6.07, 6.45) is 2.68. The fraction of sp³-hybridized carbons (Fsp3) is 0.333. The lowest BCUT2D eigenvalue weighted by Gasteiger charge is -2.35. The Kier molecular flexibility index (Phi) is 7.93. The van der Waals surface area contributed by atoms with E-state index in [4.69, 9.17) is 10.5 Å². The average Bonchev–Trinajstić information content (AvgIpc) is 2.87. The predicted octanol–water partition coefficient (Wildman–Crippen LogP) is 3.16. The highest BCUT2D eigenvalue weighted by atomic mass is 32.2.